The monoisotopic (exact) mass is 406 g/mol. The van der Waals surface area contributed by atoms with Crippen molar-refractivity contribution in [1.29, 1.82) is 0 Å². The second-order valence-electron chi connectivity index (χ2n) is 8.65. The Morgan fingerprint density at radius 3 is 2.37 bits per heavy atom. The molecule has 4 unspecified atom stereocenters. The smallest absolute Gasteiger partial charge is 0.174 e. The second-order valence-corrected chi connectivity index (χ2v) is 8.65. The van der Waals surface area contributed by atoms with Crippen LogP contribution in [0.5, 0.6) is 5.75 Å². The summed E-state index contributed by atoms with van der Waals surface area (Å²) >= 11 is 0. The van der Waals surface area contributed by atoms with E-state index in [0.717, 1.165) is 30.6 Å². The minimum Gasteiger partial charge on any atom is -0.497 e. The molecule has 2 saturated carbocycles. The summed E-state index contributed by atoms with van der Waals surface area (Å²) in [6.45, 7) is 3.95. The summed E-state index contributed by atoms with van der Waals surface area (Å²) in [7, 11) is 1.60. The molecule has 2 aromatic carbocycles. The van der Waals surface area contributed by atoms with Gasteiger partial charge in [0.05, 0.1) is 12.7 Å². The van der Waals surface area contributed by atoms with Gasteiger partial charge in [0.2, 0.25) is 0 Å². The van der Waals surface area contributed by atoms with Crippen molar-refractivity contribution >= 4 is 0 Å². The van der Waals surface area contributed by atoms with Gasteiger partial charge in [0.25, 0.3) is 0 Å². The van der Waals surface area contributed by atoms with Crippen molar-refractivity contribution in [1.82, 2.24) is 0 Å². The highest BCUT2D eigenvalue weighted by Gasteiger charge is 2.36. The first-order valence-electron chi connectivity index (χ1n) is 10.9. The fourth-order valence-electron chi connectivity index (χ4n) is 5.21. The first-order valence-corrected chi connectivity index (χ1v) is 10.9. The van der Waals surface area contributed by atoms with Crippen LogP contribution in [0, 0.1) is 41.2 Å². The third-order valence-corrected chi connectivity index (χ3v) is 6.97. The summed E-state index contributed by atoms with van der Waals surface area (Å²) in [6, 6.07) is 10.6. The fraction of sp³-hybridized carbons (Fsp3) is 0.407. The molecule has 3 heteroatoms. The highest BCUT2D eigenvalue weighted by atomic mass is 19.2. The molecular formula is C27H28F2O. The van der Waals surface area contributed by atoms with Gasteiger partial charge in [0, 0.05) is 5.56 Å². The number of allylic oxidation sites excluding steroid dienone is 1. The molecule has 0 radical (unpaired) electrons. The lowest BCUT2D eigenvalue weighted by atomic mass is 9.64. The third-order valence-electron chi connectivity index (χ3n) is 6.97. The van der Waals surface area contributed by atoms with Gasteiger partial charge >= 0.3 is 0 Å². The molecule has 0 aliphatic heterocycles. The van der Waals surface area contributed by atoms with Crippen LogP contribution in [0.25, 0.3) is 0 Å². The van der Waals surface area contributed by atoms with Gasteiger partial charge in [-0.25, -0.2) is 8.78 Å². The molecule has 30 heavy (non-hydrogen) atoms. The summed E-state index contributed by atoms with van der Waals surface area (Å²) in [5.74, 6) is 6.92. The molecule has 4 atom stereocenters. The van der Waals surface area contributed by atoms with Gasteiger partial charge in [-0.2, -0.15) is 0 Å². The minimum absolute atomic E-state index is 0.102. The van der Waals surface area contributed by atoms with Crippen molar-refractivity contribution < 1.29 is 13.5 Å². The Morgan fingerprint density at radius 1 is 0.900 bits per heavy atom. The zero-order valence-corrected chi connectivity index (χ0v) is 17.5. The third kappa shape index (κ3) is 4.29. The van der Waals surface area contributed by atoms with Crippen LogP contribution in [0.2, 0.25) is 0 Å². The van der Waals surface area contributed by atoms with Crippen LogP contribution in [-0.4, -0.2) is 7.11 Å². The summed E-state index contributed by atoms with van der Waals surface area (Å²) in [5, 5.41) is 0. The van der Waals surface area contributed by atoms with Crippen LogP contribution in [-0.2, 0) is 0 Å². The van der Waals surface area contributed by atoms with Crippen molar-refractivity contribution in [3.05, 3.63) is 77.4 Å². The van der Waals surface area contributed by atoms with Crippen molar-refractivity contribution in [2.75, 3.05) is 7.11 Å². The van der Waals surface area contributed by atoms with E-state index in [2.05, 4.69) is 24.5 Å². The van der Waals surface area contributed by atoms with E-state index in [1.165, 1.54) is 19.3 Å². The molecule has 2 aliphatic carbocycles. The van der Waals surface area contributed by atoms with E-state index in [-0.39, 0.29) is 11.5 Å². The first kappa shape index (κ1) is 20.7. The largest absolute Gasteiger partial charge is 0.497 e. The van der Waals surface area contributed by atoms with Gasteiger partial charge in [0.1, 0.15) is 5.75 Å². The SMILES string of the molecule is C=CC1CCC2CC(c3ccc(C#Cc4ccc(OC)cc4)c(F)c3F)CCC2C1. The topological polar surface area (TPSA) is 9.23 Å². The average molecular weight is 407 g/mol. The highest BCUT2D eigenvalue weighted by Crippen LogP contribution is 2.48. The zero-order chi connectivity index (χ0) is 21.1. The Hall–Kier alpha value is -2.60. The van der Waals surface area contributed by atoms with Crippen LogP contribution >= 0.6 is 0 Å². The van der Waals surface area contributed by atoms with Gasteiger partial charge in [0.15, 0.2) is 11.6 Å². The van der Waals surface area contributed by atoms with Gasteiger partial charge in [-0.15, -0.1) is 6.58 Å². The molecule has 156 valence electrons. The number of benzene rings is 2. The number of methoxy groups -OCH3 is 1. The van der Waals surface area contributed by atoms with Crippen molar-refractivity contribution in [2.45, 2.75) is 44.4 Å². The van der Waals surface area contributed by atoms with E-state index >= 15 is 0 Å². The molecular weight excluding hydrogens is 378 g/mol. The van der Waals surface area contributed by atoms with Crippen molar-refractivity contribution in [3.63, 3.8) is 0 Å². The molecule has 1 nitrogen and oxygen atoms in total. The molecule has 4 rings (SSSR count). The second kappa shape index (κ2) is 9.04. The molecule has 0 aromatic heterocycles. The van der Waals surface area contributed by atoms with Gasteiger partial charge in [-0.3, -0.25) is 0 Å². The Labute approximate surface area is 178 Å². The molecule has 0 N–H and O–H groups in total. The molecule has 0 amide bonds. The number of hydrogen-bond donors (Lipinski definition) is 0. The van der Waals surface area contributed by atoms with Crippen molar-refractivity contribution in [3.8, 4) is 17.6 Å². The van der Waals surface area contributed by atoms with Crippen LogP contribution in [0.4, 0.5) is 8.78 Å². The van der Waals surface area contributed by atoms with Gasteiger partial charge in [-0.05, 0) is 98.1 Å². The standard InChI is InChI=1S/C27H28F2O/c1-3-18-4-9-22-17-23(11-10-21(22)16-18)25-15-12-20(26(28)27(25)29)8-5-19-6-13-24(30-2)14-7-19/h3,6-7,12-15,18,21-23H,1,4,9-11,16-17H2,2H3. The van der Waals surface area contributed by atoms with E-state index in [0.29, 0.717) is 23.3 Å². The molecule has 2 aromatic rings. The summed E-state index contributed by atoms with van der Waals surface area (Å²) in [4.78, 5) is 0. The highest BCUT2D eigenvalue weighted by molar-refractivity contribution is 5.46. The van der Waals surface area contributed by atoms with E-state index in [1.807, 2.05) is 0 Å². The number of rotatable bonds is 3. The Bertz CT molecular complexity index is 967. The predicted octanol–water partition coefficient (Wildman–Crippen LogP) is 6.86. The van der Waals surface area contributed by atoms with Gasteiger partial charge in [-0.1, -0.05) is 24.0 Å². The van der Waals surface area contributed by atoms with Gasteiger partial charge < -0.3 is 4.74 Å². The molecule has 0 saturated heterocycles. The Balaban J connectivity index is 1.49. The van der Waals surface area contributed by atoms with Crippen LogP contribution < -0.4 is 4.74 Å². The van der Waals surface area contributed by atoms with E-state index in [9.17, 15) is 8.78 Å². The maximum absolute atomic E-state index is 14.9. The number of hydrogen-bond acceptors (Lipinski definition) is 1. The summed E-state index contributed by atoms with van der Waals surface area (Å²) < 4.78 is 34.8. The summed E-state index contributed by atoms with van der Waals surface area (Å²) in [6.07, 6.45) is 8.63. The van der Waals surface area contributed by atoms with Crippen LogP contribution in [0.1, 0.15) is 61.1 Å². The maximum atomic E-state index is 14.9. The van der Waals surface area contributed by atoms with E-state index < -0.39 is 11.6 Å². The van der Waals surface area contributed by atoms with E-state index in [4.69, 9.17) is 4.74 Å². The lowest BCUT2D eigenvalue weighted by molar-refractivity contribution is 0.132. The minimum atomic E-state index is -0.828. The molecule has 0 heterocycles. The molecule has 0 spiro atoms. The zero-order valence-electron chi connectivity index (χ0n) is 17.5. The Morgan fingerprint density at radius 2 is 1.63 bits per heavy atom. The fourth-order valence-corrected chi connectivity index (χ4v) is 5.21. The normalized spacial score (nSPS) is 25.6. The average Bonchev–Trinajstić information content (AvgIpc) is 2.79. The molecule has 0 bridgehead atoms. The number of ether oxygens (including phenoxy) is 1. The quantitative estimate of drug-likeness (QED) is 0.400. The number of halogens is 2. The predicted molar refractivity (Wildman–Crippen MR) is 116 cm³/mol. The van der Waals surface area contributed by atoms with E-state index in [1.54, 1.807) is 43.5 Å². The lowest BCUT2D eigenvalue weighted by Crippen LogP contribution is -2.30. The maximum Gasteiger partial charge on any atom is 0.174 e. The first-order chi connectivity index (χ1) is 14.6. The lowest BCUT2D eigenvalue weighted by Gasteiger charge is -2.41. The van der Waals surface area contributed by atoms with Crippen LogP contribution in [0.3, 0.4) is 0 Å². The Kier molecular flexibility index (Phi) is 6.23. The molecule has 2 aliphatic rings. The molecule has 2 fully saturated rings. The number of fused-ring (bicyclic) bond motifs is 1. The summed E-state index contributed by atoms with van der Waals surface area (Å²) in [5.41, 5.74) is 1.35. The van der Waals surface area contributed by atoms with Crippen LogP contribution in [0.15, 0.2) is 49.1 Å². The van der Waals surface area contributed by atoms with Crippen molar-refractivity contribution in [2.24, 2.45) is 17.8 Å².